The minimum atomic E-state index is -0.0373. The van der Waals surface area contributed by atoms with E-state index in [1.807, 2.05) is 37.3 Å². The van der Waals surface area contributed by atoms with Gasteiger partial charge in [0, 0.05) is 31.8 Å². The summed E-state index contributed by atoms with van der Waals surface area (Å²) in [5.41, 5.74) is 0.900. The Morgan fingerprint density at radius 2 is 1.93 bits per heavy atom. The SMILES string of the molecule is CCOc1ccccc1Oc1ccc(CNC(=O)CCOCC(C)C)cn1. The maximum atomic E-state index is 11.8. The van der Waals surface area contributed by atoms with E-state index in [0.717, 1.165) is 5.56 Å². The van der Waals surface area contributed by atoms with Crippen LogP contribution in [0.5, 0.6) is 17.4 Å². The highest BCUT2D eigenvalue weighted by molar-refractivity contribution is 5.75. The van der Waals surface area contributed by atoms with Crippen molar-refractivity contribution in [2.75, 3.05) is 19.8 Å². The summed E-state index contributed by atoms with van der Waals surface area (Å²) in [6.07, 6.45) is 2.05. The Kier molecular flexibility index (Phi) is 8.58. The van der Waals surface area contributed by atoms with Gasteiger partial charge in [-0.3, -0.25) is 4.79 Å². The molecule has 0 spiro atoms. The molecule has 6 nitrogen and oxygen atoms in total. The molecule has 1 aromatic heterocycles. The van der Waals surface area contributed by atoms with Crippen molar-refractivity contribution in [3.63, 3.8) is 0 Å². The summed E-state index contributed by atoms with van der Waals surface area (Å²) in [4.78, 5) is 16.1. The summed E-state index contributed by atoms with van der Waals surface area (Å²) in [5.74, 6) is 2.21. The molecule has 0 saturated carbocycles. The minimum absolute atomic E-state index is 0.0373. The summed E-state index contributed by atoms with van der Waals surface area (Å²) >= 11 is 0. The quantitative estimate of drug-likeness (QED) is 0.605. The van der Waals surface area contributed by atoms with Crippen LogP contribution in [0.2, 0.25) is 0 Å². The van der Waals surface area contributed by atoms with Crippen LogP contribution in [0.3, 0.4) is 0 Å². The van der Waals surface area contributed by atoms with Crippen molar-refractivity contribution in [1.29, 1.82) is 0 Å². The van der Waals surface area contributed by atoms with Crippen molar-refractivity contribution < 1.29 is 19.0 Å². The zero-order chi connectivity index (χ0) is 19.5. The van der Waals surface area contributed by atoms with Gasteiger partial charge in [-0.15, -0.1) is 0 Å². The molecule has 146 valence electrons. The lowest BCUT2D eigenvalue weighted by Crippen LogP contribution is -2.24. The topological polar surface area (TPSA) is 69.7 Å². The molecule has 1 heterocycles. The Morgan fingerprint density at radius 1 is 1.15 bits per heavy atom. The normalized spacial score (nSPS) is 10.7. The van der Waals surface area contributed by atoms with Crippen LogP contribution in [0, 0.1) is 5.92 Å². The van der Waals surface area contributed by atoms with E-state index in [2.05, 4.69) is 24.1 Å². The molecule has 0 atom stereocenters. The largest absolute Gasteiger partial charge is 0.490 e. The van der Waals surface area contributed by atoms with Gasteiger partial charge in [0.1, 0.15) is 0 Å². The van der Waals surface area contributed by atoms with Crippen molar-refractivity contribution in [2.45, 2.75) is 33.7 Å². The number of benzene rings is 1. The number of hydrogen-bond acceptors (Lipinski definition) is 5. The maximum absolute atomic E-state index is 11.8. The monoisotopic (exact) mass is 372 g/mol. The van der Waals surface area contributed by atoms with Gasteiger partial charge in [0.15, 0.2) is 11.5 Å². The molecule has 0 fully saturated rings. The van der Waals surface area contributed by atoms with E-state index >= 15 is 0 Å². The molecule has 6 heteroatoms. The van der Waals surface area contributed by atoms with E-state index in [4.69, 9.17) is 14.2 Å². The molecule has 0 aliphatic rings. The van der Waals surface area contributed by atoms with Crippen LogP contribution in [-0.4, -0.2) is 30.7 Å². The van der Waals surface area contributed by atoms with Gasteiger partial charge in [0.25, 0.3) is 0 Å². The number of carbonyl (C=O) groups is 1. The third kappa shape index (κ3) is 7.66. The van der Waals surface area contributed by atoms with E-state index in [1.54, 1.807) is 12.3 Å². The fraction of sp³-hybridized carbons (Fsp3) is 0.429. The summed E-state index contributed by atoms with van der Waals surface area (Å²) < 4.78 is 16.7. The number of carbonyl (C=O) groups excluding carboxylic acids is 1. The third-order valence-electron chi connectivity index (χ3n) is 3.58. The van der Waals surface area contributed by atoms with Crippen molar-refractivity contribution in [2.24, 2.45) is 5.92 Å². The number of amides is 1. The van der Waals surface area contributed by atoms with E-state index in [-0.39, 0.29) is 5.91 Å². The minimum Gasteiger partial charge on any atom is -0.490 e. The first-order chi connectivity index (χ1) is 13.1. The van der Waals surface area contributed by atoms with Gasteiger partial charge >= 0.3 is 0 Å². The Morgan fingerprint density at radius 3 is 2.59 bits per heavy atom. The van der Waals surface area contributed by atoms with Crippen LogP contribution in [-0.2, 0) is 16.1 Å². The second-order valence-corrected chi connectivity index (χ2v) is 6.48. The maximum Gasteiger partial charge on any atom is 0.222 e. The summed E-state index contributed by atoms with van der Waals surface area (Å²) in [6, 6.07) is 11.1. The lowest BCUT2D eigenvalue weighted by molar-refractivity contribution is -0.122. The van der Waals surface area contributed by atoms with E-state index in [0.29, 0.717) is 56.1 Å². The van der Waals surface area contributed by atoms with E-state index in [9.17, 15) is 4.79 Å². The molecule has 0 unspecified atom stereocenters. The number of rotatable bonds is 11. The third-order valence-corrected chi connectivity index (χ3v) is 3.58. The molecule has 0 radical (unpaired) electrons. The molecule has 0 bridgehead atoms. The molecular weight excluding hydrogens is 344 g/mol. The highest BCUT2D eigenvalue weighted by Crippen LogP contribution is 2.30. The first-order valence-corrected chi connectivity index (χ1v) is 9.27. The molecule has 1 N–H and O–H groups in total. The van der Waals surface area contributed by atoms with Crippen molar-refractivity contribution >= 4 is 5.91 Å². The number of nitrogens with one attached hydrogen (secondary N) is 1. The Labute approximate surface area is 160 Å². The molecule has 0 saturated heterocycles. The molecular formula is C21H28N2O4. The molecule has 0 aliphatic heterocycles. The van der Waals surface area contributed by atoms with Crippen LogP contribution in [0.1, 0.15) is 32.8 Å². The Balaban J connectivity index is 1.79. The van der Waals surface area contributed by atoms with Crippen molar-refractivity contribution in [3.8, 4) is 17.4 Å². The van der Waals surface area contributed by atoms with Gasteiger partial charge in [0.05, 0.1) is 13.2 Å². The van der Waals surface area contributed by atoms with E-state index in [1.165, 1.54) is 0 Å². The second kappa shape index (κ2) is 11.2. The van der Waals surface area contributed by atoms with Crippen molar-refractivity contribution in [1.82, 2.24) is 10.3 Å². The number of hydrogen-bond donors (Lipinski definition) is 1. The molecule has 1 amide bonds. The van der Waals surface area contributed by atoms with Gasteiger partial charge in [-0.25, -0.2) is 4.98 Å². The van der Waals surface area contributed by atoms with Gasteiger partial charge in [-0.2, -0.15) is 0 Å². The lowest BCUT2D eigenvalue weighted by Gasteiger charge is -2.11. The van der Waals surface area contributed by atoms with Crippen LogP contribution < -0.4 is 14.8 Å². The number of nitrogens with zero attached hydrogens (tertiary/aromatic N) is 1. The molecule has 2 rings (SSSR count). The fourth-order valence-electron chi connectivity index (χ4n) is 2.27. The predicted octanol–water partition coefficient (Wildman–Crippen LogP) is 3.95. The molecule has 0 aliphatic carbocycles. The number of pyridine rings is 1. The summed E-state index contributed by atoms with van der Waals surface area (Å²) in [6.45, 7) is 8.18. The molecule has 27 heavy (non-hydrogen) atoms. The zero-order valence-electron chi connectivity index (χ0n) is 16.2. The second-order valence-electron chi connectivity index (χ2n) is 6.48. The average molecular weight is 372 g/mol. The van der Waals surface area contributed by atoms with Crippen molar-refractivity contribution in [3.05, 3.63) is 48.2 Å². The fourth-order valence-corrected chi connectivity index (χ4v) is 2.27. The molecule has 2 aromatic rings. The highest BCUT2D eigenvalue weighted by Gasteiger charge is 2.07. The smallest absolute Gasteiger partial charge is 0.222 e. The van der Waals surface area contributed by atoms with Crippen LogP contribution in [0.25, 0.3) is 0 Å². The molecule has 1 aromatic carbocycles. The van der Waals surface area contributed by atoms with Gasteiger partial charge in [-0.05, 0) is 30.5 Å². The first kappa shape index (κ1) is 20.7. The average Bonchev–Trinajstić information content (AvgIpc) is 2.66. The Bertz CT molecular complexity index is 702. The van der Waals surface area contributed by atoms with Gasteiger partial charge < -0.3 is 19.5 Å². The standard InChI is InChI=1S/C21H28N2O4/c1-4-26-18-7-5-6-8-19(18)27-21-10-9-17(14-23-21)13-22-20(24)11-12-25-15-16(2)3/h5-10,14,16H,4,11-13,15H2,1-3H3,(H,22,24). The highest BCUT2D eigenvalue weighted by atomic mass is 16.5. The predicted molar refractivity (Wildman–Crippen MR) is 104 cm³/mol. The lowest BCUT2D eigenvalue weighted by atomic mass is 10.2. The van der Waals surface area contributed by atoms with Crippen LogP contribution in [0.15, 0.2) is 42.6 Å². The number of para-hydroxylation sites is 2. The van der Waals surface area contributed by atoms with E-state index < -0.39 is 0 Å². The number of ether oxygens (including phenoxy) is 3. The van der Waals surface area contributed by atoms with Gasteiger partial charge in [-0.1, -0.05) is 32.0 Å². The first-order valence-electron chi connectivity index (χ1n) is 9.27. The van der Waals surface area contributed by atoms with Crippen LogP contribution in [0.4, 0.5) is 0 Å². The van der Waals surface area contributed by atoms with Crippen LogP contribution >= 0.6 is 0 Å². The Hall–Kier alpha value is -2.60. The summed E-state index contributed by atoms with van der Waals surface area (Å²) in [5, 5.41) is 2.86. The zero-order valence-corrected chi connectivity index (χ0v) is 16.2. The number of aromatic nitrogens is 1. The summed E-state index contributed by atoms with van der Waals surface area (Å²) in [7, 11) is 0. The van der Waals surface area contributed by atoms with Gasteiger partial charge in [0.2, 0.25) is 11.8 Å².